The van der Waals surface area contributed by atoms with Crippen LogP contribution in [0.5, 0.6) is 11.5 Å². The Balaban J connectivity index is 1.58. The van der Waals surface area contributed by atoms with Gasteiger partial charge in [0.1, 0.15) is 17.1 Å². The zero-order chi connectivity index (χ0) is 29.7. The second kappa shape index (κ2) is 9.97. The summed E-state index contributed by atoms with van der Waals surface area (Å²) in [6, 6.07) is 16.0. The van der Waals surface area contributed by atoms with Crippen molar-refractivity contribution in [2.45, 2.75) is 38.5 Å². The summed E-state index contributed by atoms with van der Waals surface area (Å²) in [7, 11) is 1.95. The molecule has 2 aromatic carbocycles. The molecule has 41 heavy (non-hydrogen) atoms. The number of para-hydroxylation sites is 2. The summed E-state index contributed by atoms with van der Waals surface area (Å²) in [4.78, 5) is 11.7. The lowest BCUT2D eigenvalue weighted by Gasteiger charge is -2.26. The number of halogens is 6. The third kappa shape index (κ3) is 5.79. The van der Waals surface area contributed by atoms with E-state index in [1.54, 1.807) is 12.1 Å². The molecule has 0 spiro atoms. The van der Waals surface area contributed by atoms with Crippen molar-refractivity contribution in [2.24, 2.45) is 0 Å². The molecule has 11 heteroatoms. The molecule has 3 heterocycles. The molecular weight excluding hydrogens is 546 g/mol. The van der Waals surface area contributed by atoms with Gasteiger partial charge >= 0.3 is 12.4 Å². The molecule has 1 aliphatic heterocycles. The van der Waals surface area contributed by atoms with Crippen molar-refractivity contribution in [1.82, 2.24) is 9.97 Å². The Kier molecular flexibility index (Phi) is 6.87. The number of nitrogens with zero attached hydrogens (tertiary/aromatic N) is 4. The summed E-state index contributed by atoms with van der Waals surface area (Å²) in [5.41, 5.74) is 0.968. The van der Waals surface area contributed by atoms with Gasteiger partial charge in [0.25, 0.3) is 0 Å². The van der Waals surface area contributed by atoms with Gasteiger partial charge in [-0.25, -0.2) is 0 Å². The fourth-order valence-corrected chi connectivity index (χ4v) is 4.55. The van der Waals surface area contributed by atoms with Crippen LogP contribution >= 0.6 is 0 Å². The van der Waals surface area contributed by atoms with Crippen LogP contribution in [0.1, 0.15) is 37.5 Å². The topological polar surface area (TPSA) is 41.5 Å². The zero-order valence-electron chi connectivity index (χ0n) is 22.6. The summed E-state index contributed by atoms with van der Waals surface area (Å²) < 4.78 is 86.8. The fraction of sp³-hybridized carbons (Fsp3) is 0.267. The molecule has 0 fully saturated rings. The second-order valence-corrected chi connectivity index (χ2v) is 10.8. The van der Waals surface area contributed by atoms with Crippen molar-refractivity contribution in [1.29, 1.82) is 0 Å². The second-order valence-electron chi connectivity index (χ2n) is 10.8. The first-order valence-corrected chi connectivity index (χ1v) is 12.6. The molecule has 0 saturated heterocycles. The molecule has 214 valence electrons. The van der Waals surface area contributed by atoms with Crippen LogP contribution in [0.15, 0.2) is 73.1 Å². The van der Waals surface area contributed by atoms with Gasteiger partial charge < -0.3 is 14.5 Å². The molecule has 0 N–H and O–H groups in total. The molecule has 0 radical (unpaired) electrons. The van der Waals surface area contributed by atoms with E-state index < -0.39 is 29.2 Å². The first-order valence-electron chi connectivity index (χ1n) is 12.6. The minimum atomic E-state index is -4.80. The van der Waals surface area contributed by atoms with Gasteiger partial charge in [-0.05, 0) is 47.4 Å². The molecule has 0 saturated carbocycles. The number of hydrogen-bond donors (Lipinski definition) is 0. The predicted molar refractivity (Wildman–Crippen MR) is 145 cm³/mol. The van der Waals surface area contributed by atoms with Crippen LogP contribution in [0.4, 0.5) is 43.4 Å². The number of hydrogen-bond acceptors (Lipinski definition) is 5. The van der Waals surface area contributed by atoms with Crippen LogP contribution in [-0.4, -0.2) is 23.7 Å². The Morgan fingerprint density at radius 3 is 2.02 bits per heavy atom. The maximum atomic E-state index is 14.0. The first kappa shape index (κ1) is 28.3. The molecule has 0 aliphatic carbocycles. The van der Waals surface area contributed by atoms with Crippen molar-refractivity contribution < 1.29 is 31.1 Å². The van der Waals surface area contributed by atoms with Crippen molar-refractivity contribution in [3.8, 4) is 22.9 Å². The van der Waals surface area contributed by atoms with Gasteiger partial charge in [0.15, 0.2) is 0 Å². The molecular formula is C30H26F6N4O. The molecule has 0 unspecified atom stereocenters. The summed E-state index contributed by atoms with van der Waals surface area (Å²) in [6.45, 7) is 6.49. The van der Waals surface area contributed by atoms with Gasteiger partial charge in [-0.3, -0.25) is 9.97 Å². The maximum Gasteiger partial charge on any atom is 0.421 e. The zero-order valence-corrected chi connectivity index (χ0v) is 22.6. The molecule has 5 nitrogen and oxygen atoms in total. The van der Waals surface area contributed by atoms with Crippen LogP contribution in [-0.2, 0) is 17.8 Å². The summed E-state index contributed by atoms with van der Waals surface area (Å²) in [5, 5.41) is 0. The quantitative estimate of drug-likeness (QED) is 0.229. The summed E-state index contributed by atoms with van der Waals surface area (Å²) >= 11 is 0. The molecule has 0 amide bonds. The Morgan fingerprint density at radius 2 is 1.41 bits per heavy atom. The number of ether oxygens (including phenoxy) is 1. The fourth-order valence-electron chi connectivity index (χ4n) is 4.55. The van der Waals surface area contributed by atoms with Gasteiger partial charge in [-0.2, -0.15) is 26.3 Å². The van der Waals surface area contributed by atoms with Gasteiger partial charge in [0.05, 0.1) is 35.0 Å². The van der Waals surface area contributed by atoms with Gasteiger partial charge in [-0.15, -0.1) is 0 Å². The highest BCUT2D eigenvalue weighted by Crippen LogP contribution is 2.44. The van der Waals surface area contributed by atoms with Crippen molar-refractivity contribution >= 4 is 17.1 Å². The van der Waals surface area contributed by atoms with Crippen molar-refractivity contribution in [2.75, 3.05) is 23.5 Å². The number of pyridine rings is 2. The van der Waals surface area contributed by atoms with Crippen LogP contribution in [0.2, 0.25) is 0 Å². The van der Waals surface area contributed by atoms with E-state index >= 15 is 0 Å². The lowest BCUT2D eigenvalue weighted by molar-refractivity contribution is -0.139. The number of fused-ring (bicyclic) bond motifs is 1. The number of rotatable bonds is 4. The van der Waals surface area contributed by atoms with E-state index in [1.807, 2.05) is 63.1 Å². The van der Waals surface area contributed by atoms with E-state index in [0.29, 0.717) is 19.1 Å². The van der Waals surface area contributed by atoms with Crippen LogP contribution in [0.3, 0.4) is 0 Å². The average Bonchev–Trinajstić information content (AvgIpc) is 3.23. The first-order chi connectivity index (χ1) is 19.1. The van der Waals surface area contributed by atoms with Crippen molar-refractivity contribution in [3.63, 3.8) is 0 Å². The minimum absolute atomic E-state index is 0.0302. The summed E-state index contributed by atoms with van der Waals surface area (Å²) in [6.07, 6.45) is -8.19. The largest absolute Gasteiger partial charge is 0.457 e. The molecule has 4 aromatic rings. The highest BCUT2D eigenvalue weighted by molar-refractivity contribution is 5.82. The smallest absolute Gasteiger partial charge is 0.421 e. The Morgan fingerprint density at radius 1 is 0.732 bits per heavy atom. The normalized spacial score (nSPS) is 13.9. The van der Waals surface area contributed by atoms with E-state index in [-0.39, 0.29) is 22.6 Å². The third-order valence-electron chi connectivity index (χ3n) is 6.76. The Bertz CT molecular complexity index is 1580. The van der Waals surface area contributed by atoms with E-state index in [9.17, 15) is 26.3 Å². The highest BCUT2D eigenvalue weighted by Gasteiger charge is 2.36. The predicted octanol–water partition coefficient (Wildman–Crippen LogP) is 8.82. The molecule has 1 aliphatic rings. The molecule has 2 aromatic heterocycles. The number of alkyl halides is 6. The lowest BCUT2D eigenvalue weighted by atomic mass is 9.86. The third-order valence-corrected chi connectivity index (χ3v) is 6.76. The molecule has 0 atom stereocenters. The Labute approximate surface area is 233 Å². The highest BCUT2D eigenvalue weighted by atomic mass is 19.4. The van der Waals surface area contributed by atoms with Crippen LogP contribution < -0.4 is 14.5 Å². The van der Waals surface area contributed by atoms with Gasteiger partial charge in [0.2, 0.25) is 0 Å². The molecule has 5 rings (SSSR count). The number of aromatic nitrogens is 2. The van der Waals surface area contributed by atoms with Gasteiger partial charge in [-0.1, -0.05) is 32.9 Å². The van der Waals surface area contributed by atoms with E-state index in [1.165, 1.54) is 0 Å². The van der Waals surface area contributed by atoms with Gasteiger partial charge in [0, 0.05) is 37.3 Å². The standard InChI is InChI=1S/C30H26F6N4O/c1-28(2,3)19-11-20(40-17-39(4)25-7-5-6-8-26(25)40)13-21(12-19)41-27-14-24(38-16-22(27)30(34,35)36)23-10-9-18(15-37-23)29(31,32)33/h5-16H,17H2,1-4H3. The lowest BCUT2D eigenvalue weighted by Crippen LogP contribution is -2.24. The number of anilines is 3. The maximum absolute atomic E-state index is 14.0. The monoisotopic (exact) mass is 572 g/mol. The average molecular weight is 573 g/mol. The number of benzene rings is 2. The van der Waals surface area contributed by atoms with Crippen LogP contribution in [0.25, 0.3) is 11.4 Å². The molecule has 0 bridgehead atoms. The Hall–Kier alpha value is -4.28. The van der Waals surface area contributed by atoms with Crippen molar-refractivity contribution in [3.05, 3.63) is 89.7 Å². The minimum Gasteiger partial charge on any atom is -0.457 e. The van der Waals surface area contributed by atoms with Crippen LogP contribution in [0, 0.1) is 0 Å². The van der Waals surface area contributed by atoms with E-state index in [2.05, 4.69) is 14.9 Å². The SMILES string of the molecule is CN1CN(c2cc(Oc3cc(-c4ccc(C(F)(F)F)cn4)ncc3C(F)(F)F)cc(C(C)(C)C)c2)c2ccccc21. The summed E-state index contributed by atoms with van der Waals surface area (Å²) in [5.74, 6) is -0.373. The van der Waals surface area contributed by atoms with E-state index in [4.69, 9.17) is 4.74 Å². The van der Waals surface area contributed by atoms with E-state index in [0.717, 1.165) is 40.8 Å².